The van der Waals surface area contributed by atoms with Gasteiger partial charge in [-0.1, -0.05) is 11.3 Å². The summed E-state index contributed by atoms with van der Waals surface area (Å²) in [6, 6.07) is 3.86. The molecule has 9 nitrogen and oxygen atoms in total. The van der Waals surface area contributed by atoms with E-state index in [1.54, 1.807) is 36.0 Å². The monoisotopic (exact) mass is 581 g/mol. The number of fused-ring (bicyclic) bond motifs is 1. The molecular formula is C27H32F5N7O2. The van der Waals surface area contributed by atoms with Gasteiger partial charge >= 0.3 is 6.18 Å². The highest BCUT2D eigenvalue weighted by molar-refractivity contribution is 5.92. The number of hydrogen-bond donors (Lipinski definition) is 3. The van der Waals surface area contributed by atoms with E-state index < -0.39 is 48.8 Å². The Kier molecular flexibility index (Phi) is 8.02. The molecule has 0 saturated heterocycles. The molecule has 0 aliphatic heterocycles. The number of nitrogens with one attached hydrogen (secondary N) is 3. The molecule has 2 saturated carbocycles. The first kappa shape index (κ1) is 28.9. The molecule has 3 aromatic rings. The van der Waals surface area contributed by atoms with E-state index in [1.165, 1.54) is 0 Å². The lowest BCUT2D eigenvalue weighted by Crippen LogP contribution is -2.37. The van der Waals surface area contributed by atoms with Gasteiger partial charge in [0, 0.05) is 25.8 Å². The minimum absolute atomic E-state index is 0.130. The van der Waals surface area contributed by atoms with Crippen molar-refractivity contribution in [1.29, 1.82) is 0 Å². The summed E-state index contributed by atoms with van der Waals surface area (Å²) >= 11 is 0. The van der Waals surface area contributed by atoms with Gasteiger partial charge in [-0.25, -0.2) is 13.8 Å². The van der Waals surface area contributed by atoms with Gasteiger partial charge in [-0.05, 0) is 62.1 Å². The van der Waals surface area contributed by atoms with E-state index in [0.717, 1.165) is 12.8 Å². The van der Waals surface area contributed by atoms with Gasteiger partial charge in [-0.15, -0.1) is 5.10 Å². The summed E-state index contributed by atoms with van der Waals surface area (Å²) < 4.78 is 66.9. The second-order valence-corrected chi connectivity index (χ2v) is 11.2. The molecule has 2 heterocycles. The number of carbonyl (C=O) groups excluding carboxylic acids is 2. The van der Waals surface area contributed by atoms with Crippen LogP contribution in [-0.2, 0) is 11.3 Å². The van der Waals surface area contributed by atoms with Crippen LogP contribution in [0.3, 0.4) is 0 Å². The Hall–Kier alpha value is -3.58. The van der Waals surface area contributed by atoms with E-state index in [0.29, 0.717) is 34.9 Å². The van der Waals surface area contributed by atoms with Crippen molar-refractivity contribution in [3.05, 3.63) is 41.5 Å². The second-order valence-electron chi connectivity index (χ2n) is 11.2. The zero-order valence-electron chi connectivity index (χ0n) is 22.5. The molecule has 2 amide bonds. The number of imidazole rings is 1. The largest absolute Gasteiger partial charge is 0.389 e. The molecule has 2 aliphatic rings. The van der Waals surface area contributed by atoms with E-state index in [9.17, 15) is 31.5 Å². The van der Waals surface area contributed by atoms with Crippen molar-refractivity contribution in [3.63, 3.8) is 0 Å². The molecular weight excluding hydrogens is 549 g/mol. The van der Waals surface area contributed by atoms with E-state index >= 15 is 0 Å². The van der Waals surface area contributed by atoms with Crippen LogP contribution < -0.4 is 10.6 Å². The molecule has 222 valence electrons. The summed E-state index contributed by atoms with van der Waals surface area (Å²) in [5, 5.41) is 13.5. The van der Waals surface area contributed by atoms with Gasteiger partial charge in [-0.3, -0.25) is 14.3 Å². The third kappa shape index (κ3) is 7.59. The zero-order chi connectivity index (χ0) is 29.4. The lowest BCUT2D eigenvalue weighted by molar-refractivity contribution is -0.144. The van der Waals surface area contributed by atoms with Crippen LogP contribution in [-0.4, -0.2) is 48.9 Å². The molecule has 14 heteroatoms. The van der Waals surface area contributed by atoms with Crippen LogP contribution in [0.5, 0.6) is 0 Å². The zero-order valence-corrected chi connectivity index (χ0v) is 22.5. The maximum atomic E-state index is 14.0. The van der Waals surface area contributed by atoms with Crippen LogP contribution >= 0.6 is 0 Å². The number of nitrogens with zero attached hydrogens (tertiary/aromatic N) is 4. The Bertz CT molecular complexity index is 1390. The van der Waals surface area contributed by atoms with Gasteiger partial charge in [0.1, 0.15) is 5.82 Å². The van der Waals surface area contributed by atoms with Crippen molar-refractivity contribution < 1.29 is 31.5 Å². The predicted molar refractivity (Wildman–Crippen MR) is 138 cm³/mol. The van der Waals surface area contributed by atoms with Crippen molar-refractivity contribution in [2.24, 2.45) is 11.8 Å². The summed E-state index contributed by atoms with van der Waals surface area (Å²) in [5.41, 5.74) is 1.89. The van der Waals surface area contributed by atoms with Crippen LogP contribution in [0.2, 0.25) is 0 Å². The van der Waals surface area contributed by atoms with Crippen LogP contribution in [0.1, 0.15) is 92.3 Å². The highest BCUT2D eigenvalue weighted by Crippen LogP contribution is 2.41. The molecule has 0 spiro atoms. The normalized spacial score (nSPS) is 19.2. The van der Waals surface area contributed by atoms with E-state index in [1.807, 2.05) is 0 Å². The first-order chi connectivity index (χ1) is 19.3. The molecule has 2 atom stereocenters. The standard InChI is InChI=1S/C27H32F5N7O2/c1-15(33-22(40)8-11-27(30,31)32)18-4-5-19-20(12-18)35-24(34-19)23(17-6-9-26(28,29)10-7-17)36-25(41)21-14-39(38-37-21)13-16-2-3-16/h4-5,12,14-17,23H,2-3,6-11,13H2,1H3,(H,33,40)(H,34,35)(H,36,41)/t15-,23+/m1/s1. The molecule has 2 fully saturated rings. The number of benzene rings is 1. The molecule has 2 aromatic heterocycles. The Balaban J connectivity index is 1.33. The number of aromatic nitrogens is 5. The van der Waals surface area contributed by atoms with Gasteiger partial charge < -0.3 is 15.6 Å². The summed E-state index contributed by atoms with van der Waals surface area (Å²) in [5.74, 6) is -3.31. The van der Waals surface area contributed by atoms with E-state index in [2.05, 4.69) is 30.9 Å². The fourth-order valence-corrected chi connectivity index (χ4v) is 5.19. The third-order valence-electron chi connectivity index (χ3n) is 7.77. The Morgan fingerprint density at radius 2 is 1.88 bits per heavy atom. The lowest BCUT2D eigenvalue weighted by Gasteiger charge is -2.33. The van der Waals surface area contributed by atoms with Gasteiger partial charge in [0.15, 0.2) is 5.69 Å². The SMILES string of the molecule is C[C@@H](NC(=O)CCC(F)(F)F)c1ccc2nc([C@@H](NC(=O)c3cn(CC4CC4)nn3)C3CCC(F)(F)CC3)[nH]c2c1. The number of H-pyrrole nitrogens is 1. The molecule has 1 aromatic carbocycles. The number of carbonyl (C=O) groups is 2. The quantitative estimate of drug-likeness (QED) is 0.278. The molecule has 3 N–H and O–H groups in total. The number of halogens is 5. The predicted octanol–water partition coefficient (Wildman–Crippen LogP) is 5.38. The molecule has 0 bridgehead atoms. The number of alkyl halides is 5. The minimum atomic E-state index is -4.42. The number of hydrogen-bond acceptors (Lipinski definition) is 5. The average Bonchev–Trinajstić information content (AvgIpc) is 3.41. The highest BCUT2D eigenvalue weighted by Gasteiger charge is 2.40. The third-order valence-corrected chi connectivity index (χ3v) is 7.77. The van der Waals surface area contributed by atoms with Crippen LogP contribution in [0, 0.1) is 11.8 Å². The van der Waals surface area contributed by atoms with Crippen LogP contribution in [0.15, 0.2) is 24.4 Å². The van der Waals surface area contributed by atoms with Gasteiger partial charge in [0.25, 0.3) is 5.91 Å². The highest BCUT2D eigenvalue weighted by atomic mass is 19.4. The second kappa shape index (κ2) is 11.4. The maximum Gasteiger partial charge on any atom is 0.389 e. The summed E-state index contributed by atoms with van der Waals surface area (Å²) in [7, 11) is 0. The number of amides is 2. The van der Waals surface area contributed by atoms with Crippen molar-refractivity contribution in [3.8, 4) is 0 Å². The lowest BCUT2D eigenvalue weighted by atomic mass is 9.81. The van der Waals surface area contributed by atoms with Gasteiger partial charge in [0.2, 0.25) is 11.8 Å². The van der Waals surface area contributed by atoms with E-state index in [4.69, 9.17) is 0 Å². The molecule has 5 rings (SSSR count). The smallest absolute Gasteiger partial charge is 0.350 e. The average molecular weight is 582 g/mol. The molecule has 0 radical (unpaired) electrons. The van der Waals surface area contributed by atoms with Crippen LogP contribution in [0.25, 0.3) is 11.0 Å². The first-order valence-electron chi connectivity index (χ1n) is 13.8. The van der Waals surface area contributed by atoms with Gasteiger partial charge in [0.05, 0.1) is 35.7 Å². The number of rotatable bonds is 10. The fraction of sp³-hybridized carbons (Fsp3) is 0.593. The van der Waals surface area contributed by atoms with Crippen molar-refractivity contribution in [2.75, 3.05) is 0 Å². The number of aromatic amines is 1. The molecule has 0 unspecified atom stereocenters. The Morgan fingerprint density at radius 3 is 2.56 bits per heavy atom. The first-order valence-corrected chi connectivity index (χ1v) is 13.8. The Morgan fingerprint density at radius 1 is 1.15 bits per heavy atom. The van der Waals surface area contributed by atoms with Gasteiger partial charge in [-0.2, -0.15) is 13.2 Å². The minimum Gasteiger partial charge on any atom is -0.350 e. The Labute approximate surface area is 232 Å². The maximum absolute atomic E-state index is 14.0. The summed E-state index contributed by atoms with van der Waals surface area (Å²) in [6.07, 6.45) is -2.68. The van der Waals surface area contributed by atoms with E-state index in [-0.39, 0.29) is 37.3 Å². The van der Waals surface area contributed by atoms with Crippen molar-refractivity contribution >= 4 is 22.8 Å². The van der Waals surface area contributed by atoms with Crippen molar-refractivity contribution in [1.82, 2.24) is 35.6 Å². The van der Waals surface area contributed by atoms with Crippen molar-refractivity contribution in [2.45, 2.75) is 89.0 Å². The van der Waals surface area contributed by atoms with Crippen LogP contribution in [0.4, 0.5) is 22.0 Å². The fourth-order valence-electron chi connectivity index (χ4n) is 5.19. The summed E-state index contributed by atoms with van der Waals surface area (Å²) in [6.45, 7) is 2.35. The topological polar surface area (TPSA) is 118 Å². The molecule has 2 aliphatic carbocycles. The molecule has 41 heavy (non-hydrogen) atoms. The summed E-state index contributed by atoms with van der Waals surface area (Å²) in [4.78, 5) is 33.0.